The fraction of sp³-hybridized carbons (Fsp3) is 0.333. The summed E-state index contributed by atoms with van der Waals surface area (Å²) in [5.74, 6) is 1.30. The third-order valence-electron chi connectivity index (χ3n) is 2.72. The average molecular weight is 261 g/mol. The van der Waals surface area contributed by atoms with Gasteiger partial charge in [-0.2, -0.15) is 0 Å². The lowest BCUT2D eigenvalue weighted by atomic mass is 10.2. The van der Waals surface area contributed by atoms with Crippen LogP contribution in [0.1, 0.15) is 13.8 Å². The van der Waals surface area contributed by atoms with Crippen LogP contribution in [0.5, 0.6) is 0 Å². The van der Waals surface area contributed by atoms with E-state index in [1.165, 1.54) is 12.1 Å². The van der Waals surface area contributed by atoms with Crippen LogP contribution in [0.3, 0.4) is 0 Å². The molecule has 1 heterocycles. The van der Waals surface area contributed by atoms with E-state index in [9.17, 15) is 10.1 Å². The minimum Gasteiger partial charge on any atom is -0.355 e. The van der Waals surface area contributed by atoms with Crippen molar-refractivity contribution in [3.05, 3.63) is 34.4 Å². The summed E-state index contributed by atoms with van der Waals surface area (Å²) in [5.41, 5.74) is 0.737. The number of hydrogen-bond donors (Lipinski definition) is 1. The average Bonchev–Trinajstić information content (AvgIpc) is 2.82. The Labute approximate surface area is 110 Å². The highest BCUT2D eigenvalue weighted by Gasteiger charge is 2.14. The normalized spacial score (nSPS) is 10.4. The topological polar surface area (TPSA) is 85.9 Å². The van der Waals surface area contributed by atoms with E-state index in [0.717, 1.165) is 6.54 Å². The largest absolute Gasteiger partial charge is 0.355 e. The molecule has 0 saturated carbocycles. The molecule has 0 atom stereocenters. The molecule has 2 aromatic rings. The first-order chi connectivity index (χ1) is 9.17. The summed E-state index contributed by atoms with van der Waals surface area (Å²) in [6.07, 6.45) is 0. The van der Waals surface area contributed by atoms with Crippen molar-refractivity contribution in [3.63, 3.8) is 0 Å². The molecule has 7 heteroatoms. The van der Waals surface area contributed by atoms with Crippen molar-refractivity contribution in [2.45, 2.75) is 20.4 Å². The van der Waals surface area contributed by atoms with Gasteiger partial charge in [0.1, 0.15) is 0 Å². The van der Waals surface area contributed by atoms with Crippen molar-refractivity contribution in [1.29, 1.82) is 0 Å². The van der Waals surface area contributed by atoms with Gasteiger partial charge in [0.15, 0.2) is 5.82 Å². The van der Waals surface area contributed by atoms with E-state index in [0.29, 0.717) is 23.9 Å². The summed E-state index contributed by atoms with van der Waals surface area (Å²) >= 11 is 0. The second-order valence-corrected chi connectivity index (χ2v) is 3.93. The Bertz CT molecular complexity index is 594. The lowest BCUT2D eigenvalue weighted by Crippen LogP contribution is -2.06. The molecule has 0 aliphatic heterocycles. The predicted molar refractivity (Wildman–Crippen MR) is 72.0 cm³/mol. The van der Waals surface area contributed by atoms with Gasteiger partial charge in [0.2, 0.25) is 5.95 Å². The number of nitro groups is 1. The predicted octanol–water partition coefficient (Wildman–Crippen LogP) is 2.30. The molecule has 0 fully saturated rings. The molecule has 1 aromatic carbocycles. The highest BCUT2D eigenvalue weighted by Crippen LogP contribution is 2.24. The van der Waals surface area contributed by atoms with Gasteiger partial charge in [-0.3, -0.25) is 14.7 Å². The first-order valence-corrected chi connectivity index (χ1v) is 6.09. The van der Waals surface area contributed by atoms with Crippen LogP contribution >= 0.6 is 0 Å². The zero-order valence-corrected chi connectivity index (χ0v) is 10.8. The number of non-ortho nitro benzene ring substituents is 1. The van der Waals surface area contributed by atoms with Gasteiger partial charge in [-0.15, -0.1) is 10.2 Å². The van der Waals surface area contributed by atoms with Gasteiger partial charge < -0.3 is 5.32 Å². The molecule has 0 bridgehead atoms. The van der Waals surface area contributed by atoms with Gasteiger partial charge in [0, 0.05) is 30.8 Å². The zero-order valence-electron chi connectivity index (χ0n) is 10.8. The molecule has 2 rings (SSSR count). The maximum Gasteiger partial charge on any atom is 0.270 e. The van der Waals surface area contributed by atoms with Crippen molar-refractivity contribution in [2.75, 3.05) is 11.9 Å². The summed E-state index contributed by atoms with van der Waals surface area (Å²) in [7, 11) is 0. The molecular formula is C12H15N5O2. The maximum atomic E-state index is 10.8. The number of nitrogens with one attached hydrogen (secondary N) is 1. The second-order valence-electron chi connectivity index (χ2n) is 3.93. The van der Waals surface area contributed by atoms with E-state index in [4.69, 9.17) is 0 Å². The maximum absolute atomic E-state index is 10.8. The molecule has 0 unspecified atom stereocenters. The van der Waals surface area contributed by atoms with Crippen LogP contribution in [-0.2, 0) is 6.54 Å². The summed E-state index contributed by atoms with van der Waals surface area (Å²) in [6.45, 7) is 5.38. The van der Waals surface area contributed by atoms with Gasteiger partial charge in [-0.05, 0) is 13.8 Å². The molecular weight excluding hydrogens is 246 g/mol. The first-order valence-electron chi connectivity index (χ1n) is 6.09. The van der Waals surface area contributed by atoms with Gasteiger partial charge in [-0.25, -0.2) is 0 Å². The minimum absolute atomic E-state index is 0.0492. The Morgan fingerprint density at radius 1 is 1.37 bits per heavy atom. The summed E-state index contributed by atoms with van der Waals surface area (Å²) in [4.78, 5) is 10.4. The van der Waals surface area contributed by atoms with E-state index in [1.54, 1.807) is 12.1 Å². The van der Waals surface area contributed by atoms with Crippen molar-refractivity contribution < 1.29 is 4.92 Å². The Hall–Kier alpha value is -2.44. The Morgan fingerprint density at radius 3 is 2.79 bits per heavy atom. The molecule has 0 spiro atoms. The van der Waals surface area contributed by atoms with E-state index in [1.807, 2.05) is 18.4 Å². The van der Waals surface area contributed by atoms with Gasteiger partial charge in [-0.1, -0.05) is 12.1 Å². The number of anilines is 1. The molecule has 0 aliphatic carbocycles. The van der Waals surface area contributed by atoms with Crippen molar-refractivity contribution in [2.24, 2.45) is 0 Å². The van der Waals surface area contributed by atoms with Crippen LogP contribution in [0.4, 0.5) is 11.6 Å². The fourth-order valence-electron chi connectivity index (χ4n) is 1.86. The zero-order chi connectivity index (χ0) is 13.8. The Balaban J connectivity index is 2.46. The van der Waals surface area contributed by atoms with Crippen LogP contribution < -0.4 is 5.32 Å². The molecule has 7 nitrogen and oxygen atoms in total. The first kappa shape index (κ1) is 13.0. The van der Waals surface area contributed by atoms with Gasteiger partial charge in [0.25, 0.3) is 5.69 Å². The number of hydrogen-bond acceptors (Lipinski definition) is 5. The number of rotatable bonds is 5. The standard InChI is InChI=1S/C12H15N5O2/c1-3-13-12-15-14-11(16(12)4-2)9-6-5-7-10(8-9)17(18)19/h5-8H,3-4H2,1-2H3,(H,13,15). The highest BCUT2D eigenvalue weighted by atomic mass is 16.6. The quantitative estimate of drug-likeness (QED) is 0.659. The summed E-state index contributed by atoms with van der Waals surface area (Å²) in [5, 5.41) is 22.1. The third kappa shape index (κ3) is 2.54. The van der Waals surface area contributed by atoms with Crippen LogP contribution in [0.15, 0.2) is 24.3 Å². The molecule has 0 radical (unpaired) electrons. The fourth-order valence-corrected chi connectivity index (χ4v) is 1.86. The number of nitro benzene ring substituents is 1. The molecule has 100 valence electrons. The van der Waals surface area contributed by atoms with E-state index >= 15 is 0 Å². The minimum atomic E-state index is -0.415. The molecule has 1 N–H and O–H groups in total. The summed E-state index contributed by atoms with van der Waals surface area (Å²) < 4.78 is 1.89. The SMILES string of the molecule is CCNc1nnc(-c2cccc([N+](=O)[O-])c2)n1CC. The smallest absolute Gasteiger partial charge is 0.270 e. The number of aromatic nitrogens is 3. The Kier molecular flexibility index (Phi) is 3.74. The molecule has 0 amide bonds. The van der Waals surface area contributed by atoms with E-state index in [2.05, 4.69) is 15.5 Å². The summed E-state index contributed by atoms with van der Waals surface area (Å²) in [6, 6.07) is 6.40. The van der Waals surface area contributed by atoms with Crippen LogP contribution in [0, 0.1) is 10.1 Å². The van der Waals surface area contributed by atoms with Crippen molar-refractivity contribution in [1.82, 2.24) is 14.8 Å². The van der Waals surface area contributed by atoms with E-state index in [-0.39, 0.29) is 5.69 Å². The Morgan fingerprint density at radius 2 is 2.16 bits per heavy atom. The van der Waals surface area contributed by atoms with Crippen LogP contribution in [-0.4, -0.2) is 26.2 Å². The lowest BCUT2D eigenvalue weighted by Gasteiger charge is -2.07. The van der Waals surface area contributed by atoms with Crippen LogP contribution in [0.25, 0.3) is 11.4 Å². The third-order valence-corrected chi connectivity index (χ3v) is 2.72. The number of nitrogens with zero attached hydrogens (tertiary/aromatic N) is 4. The van der Waals surface area contributed by atoms with Crippen molar-refractivity contribution in [3.8, 4) is 11.4 Å². The van der Waals surface area contributed by atoms with Crippen LogP contribution in [0.2, 0.25) is 0 Å². The lowest BCUT2D eigenvalue weighted by molar-refractivity contribution is -0.384. The van der Waals surface area contributed by atoms with E-state index < -0.39 is 4.92 Å². The monoisotopic (exact) mass is 261 g/mol. The van der Waals surface area contributed by atoms with Crippen molar-refractivity contribution >= 4 is 11.6 Å². The molecule has 1 aromatic heterocycles. The second kappa shape index (κ2) is 5.47. The molecule has 19 heavy (non-hydrogen) atoms. The van der Waals surface area contributed by atoms with Gasteiger partial charge >= 0.3 is 0 Å². The number of benzene rings is 1. The molecule has 0 saturated heterocycles. The van der Waals surface area contributed by atoms with Gasteiger partial charge in [0.05, 0.1) is 4.92 Å². The highest BCUT2D eigenvalue weighted by molar-refractivity contribution is 5.61. The molecule has 0 aliphatic rings.